The molecule has 4 rings (SSSR count). The fourth-order valence-corrected chi connectivity index (χ4v) is 3.67. The fraction of sp³-hybridized carbons (Fsp3) is 0.368. The third kappa shape index (κ3) is 2.34. The smallest absolute Gasteiger partial charge is 0.0370 e. The second kappa shape index (κ2) is 5.19. The molecule has 0 saturated carbocycles. The average Bonchev–Trinajstić information content (AvgIpc) is 2.73. The van der Waals surface area contributed by atoms with E-state index in [4.69, 9.17) is 0 Å². The lowest BCUT2D eigenvalue weighted by Gasteiger charge is -2.25. The van der Waals surface area contributed by atoms with Gasteiger partial charge in [-0.05, 0) is 60.7 Å². The highest BCUT2D eigenvalue weighted by Crippen LogP contribution is 2.38. The van der Waals surface area contributed by atoms with Crippen LogP contribution in [-0.2, 0) is 6.42 Å². The Kier molecular flexibility index (Phi) is 3.19. The number of hydrogen-bond acceptors (Lipinski definition) is 2. The predicted molar refractivity (Wildman–Crippen MR) is 89.0 cm³/mol. The molecule has 2 nitrogen and oxygen atoms in total. The van der Waals surface area contributed by atoms with E-state index in [-0.39, 0.29) is 0 Å². The minimum Gasteiger partial charge on any atom is -0.370 e. The summed E-state index contributed by atoms with van der Waals surface area (Å²) in [5, 5.41) is 3.57. The molecule has 1 fully saturated rings. The van der Waals surface area contributed by atoms with Crippen LogP contribution in [0.1, 0.15) is 24.5 Å². The molecule has 1 N–H and O–H groups in total. The Bertz CT molecular complexity index is 662. The third-order valence-corrected chi connectivity index (χ3v) is 4.73. The van der Waals surface area contributed by atoms with Crippen LogP contribution in [0.5, 0.6) is 0 Å². The number of nitrogens with one attached hydrogen (secondary N) is 1. The van der Waals surface area contributed by atoms with E-state index in [2.05, 4.69) is 59.6 Å². The second-order valence-corrected chi connectivity index (χ2v) is 6.33. The van der Waals surface area contributed by atoms with Gasteiger partial charge in [0.05, 0.1) is 0 Å². The van der Waals surface area contributed by atoms with E-state index >= 15 is 0 Å². The summed E-state index contributed by atoms with van der Waals surface area (Å²) < 4.78 is 0. The van der Waals surface area contributed by atoms with Crippen LogP contribution in [0.4, 0.5) is 5.69 Å². The molecule has 0 radical (unpaired) electrons. The predicted octanol–water partition coefficient (Wildman–Crippen LogP) is 3.45. The molecule has 0 bridgehead atoms. The minimum absolute atomic E-state index is 0.568. The summed E-state index contributed by atoms with van der Waals surface area (Å²) in [7, 11) is 0. The zero-order chi connectivity index (χ0) is 14.2. The second-order valence-electron chi connectivity index (χ2n) is 6.33. The van der Waals surface area contributed by atoms with E-state index < -0.39 is 0 Å². The summed E-state index contributed by atoms with van der Waals surface area (Å²) in [6.07, 6.45) is 2.31. The first-order valence-corrected chi connectivity index (χ1v) is 8.01. The molecule has 0 aromatic heterocycles. The van der Waals surface area contributed by atoms with Gasteiger partial charge < -0.3 is 10.2 Å². The van der Waals surface area contributed by atoms with Crippen molar-refractivity contribution in [1.29, 1.82) is 0 Å². The monoisotopic (exact) mass is 278 g/mol. The van der Waals surface area contributed by atoms with Crippen molar-refractivity contribution in [2.24, 2.45) is 0 Å². The molecule has 1 unspecified atom stereocenters. The number of anilines is 1. The van der Waals surface area contributed by atoms with E-state index in [0.29, 0.717) is 6.04 Å². The van der Waals surface area contributed by atoms with E-state index in [1.165, 1.54) is 34.4 Å². The highest BCUT2D eigenvalue weighted by molar-refractivity contribution is 5.78. The van der Waals surface area contributed by atoms with Crippen LogP contribution in [0.2, 0.25) is 0 Å². The minimum atomic E-state index is 0.568. The van der Waals surface area contributed by atoms with Gasteiger partial charge in [-0.25, -0.2) is 0 Å². The molecule has 0 spiro atoms. The number of fused-ring (bicyclic) bond motifs is 3. The molecule has 1 atom stereocenters. The van der Waals surface area contributed by atoms with Gasteiger partial charge in [0.25, 0.3) is 0 Å². The van der Waals surface area contributed by atoms with Crippen LogP contribution >= 0.6 is 0 Å². The zero-order valence-electron chi connectivity index (χ0n) is 12.6. The van der Waals surface area contributed by atoms with Crippen molar-refractivity contribution in [3.63, 3.8) is 0 Å². The molecule has 0 amide bonds. The molecule has 21 heavy (non-hydrogen) atoms. The zero-order valence-corrected chi connectivity index (χ0v) is 12.6. The summed E-state index contributed by atoms with van der Waals surface area (Å²) in [5.74, 6) is 0. The van der Waals surface area contributed by atoms with Gasteiger partial charge in [0, 0.05) is 24.8 Å². The van der Waals surface area contributed by atoms with Crippen molar-refractivity contribution in [3.8, 4) is 11.1 Å². The molecule has 2 heteroatoms. The molecule has 108 valence electrons. The van der Waals surface area contributed by atoms with Crippen molar-refractivity contribution in [1.82, 2.24) is 5.32 Å². The summed E-state index contributed by atoms with van der Waals surface area (Å²) >= 11 is 0. The topological polar surface area (TPSA) is 15.3 Å². The van der Waals surface area contributed by atoms with Gasteiger partial charge in [0.15, 0.2) is 0 Å². The van der Waals surface area contributed by atoms with Crippen molar-refractivity contribution in [3.05, 3.63) is 53.6 Å². The van der Waals surface area contributed by atoms with Crippen LogP contribution in [0.25, 0.3) is 11.1 Å². The average molecular weight is 278 g/mol. The first-order chi connectivity index (χ1) is 10.3. The number of benzene rings is 2. The molecule has 2 aromatic rings. The fourth-order valence-electron chi connectivity index (χ4n) is 3.67. The van der Waals surface area contributed by atoms with Gasteiger partial charge in [-0.2, -0.15) is 0 Å². The summed E-state index contributed by atoms with van der Waals surface area (Å²) in [6.45, 7) is 5.67. The third-order valence-electron chi connectivity index (χ3n) is 4.73. The van der Waals surface area contributed by atoms with Gasteiger partial charge in [-0.3, -0.25) is 0 Å². The lowest BCUT2D eigenvalue weighted by molar-refractivity contribution is 0.585. The molecule has 2 aromatic carbocycles. The first kappa shape index (κ1) is 12.9. The van der Waals surface area contributed by atoms with Crippen LogP contribution in [0, 0.1) is 0 Å². The summed E-state index contributed by atoms with van der Waals surface area (Å²) in [6, 6.07) is 16.4. The van der Waals surface area contributed by atoms with Crippen LogP contribution in [0.3, 0.4) is 0 Å². The Labute approximate surface area is 126 Å². The molecule has 1 saturated heterocycles. The van der Waals surface area contributed by atoms with Crippen molar-refractivity contribution in [2.75, 3.05) is 24.5 Å². The standard InChI is InChI=1S/C19H22N2/c1-14-13-21(10-4-9-20-14)17-7-8-19-16(12-17)11-15-5-2-3-6-18(15)19/h2-3,5-8,12,14,20H,4,9-11,13H2,1H3. The Morgan fingerprint density at radius 3 is 2.86 bits per heavy atom. The molecular formula is C19H22N2. The van der Waals surface area contributed by atoms with Crippen LogP contribution in [0.15, 0.2) is 42.5 Å². The Hall–Kier alpha value is -1.80. The Morgan fingerprint density at radius 2 is 1.90 bits per heavy atom. The summed E-state index contributed by atoms with van der Waals surface area (Å²) in [4.78, 5) is 2.54. The van der Waals surface area contributed by atoms with Gasteiger partial charge in [0.2, 0.25) is 0 Å². The van der Waals surface area contributed by atoms with E-state index in [0.717, 1.165) is 26.1 Å². The number of rotatable bonds is 1. The quantitative estimate of drug-likeness (QED) is 0.733. The Morgan fingerprint density at radius 1 is 1.05 bits per heavy atom. The normalized spacial score (nSPS) is 20.8. The van der Waals surface area contributed by atoms with Gasteiger partial charge in [-0.1, -0.05) is 30.3 Å². The highest BCUT2D eigenvalue weighted by Gasteiger charge is 2.20. The lowest BCUT2D eigenvalue weighted by atomic mass is 10.1. The molecule has 1 heterocycles. The first-order valence-electron chi connectivity index (χ1n) is 8.01. The molecular weight excluding hydrogens is 256 g/mol. The number of hydrogen-bond donors (Lipinski definition) is 1. The van der Waals surface area contributed by atoms with Crippen molar-refractivity contribution < 1.29 is 0 Å². The molecule has 2 aliphatic rings. The van der Waals surface area contributed by atoms with E-state index in [9.17, 15) is 0 Å². The molecule has 1 aliphatic heterocycles. The lowest BCUT2D eigenvalue weighted by Crippen LogP contribution is -2.35. The van der Waals surface area contributed by atoms with Crippen molar-refractivity contribution >= 4 is 5.69 Å². The van der Waals surface area contributed by atoms with E-state index in [1.54, 1.807) is 0 Å². The van der Waals surface area contributed by atoms with E-state index in [1.807, 2.05) is 0 Å². The maximum atomic E-state index is 3.57. The van der Waals surface area contributed by atoms with Crippen LogP contribution in [-0.4, -0.2) is 25.7 Å². The SMILES string of the molecule is CC1CN(c2ccc3c(c2)Cc2ccccc2-3)CCCN1. The largest absolute Gasteiger partial charge is 0.370 e. The highest BCUT2D eigenvalue weighted by atomic mass is 15.2. The van der Waals surface area contributed by atoms with Gasteiger partial charge >= 0.3 is 0 Å². The van der Waals surface area contributed by atoms with Gasteiger partial charge in [0.1, 0.15) is 0 Å². The molecule has 1 aliphatic carbocycles. The summed E-state index contributed by atoms with van der Waals surface area (Å²) in [5.41, 5.74) is 7.19. The van der Waals surface area contributed by atoms with Crippen LogP contribution < -0.4 is 10.2 Å². The maximum absolute atomic E-state index is 3.57. The number of nitrogens with zero attached hydrogens (tertiary/aromatic N) is 1. The van der Waals surface area contributed by atoms with Gasteiger partial charge in [-0.15, -0.1) is 0 Å². The maximum Gasteiger partial charge on any atom is 0.0370 e. The van der Waals surface area contributed by atoms with Crippen molar-refractivity contribution in [2.45, 2.75) is 25.8 Å². The Balaban J connectivity index is 1.66.